The highest BCUT2D eigenvalue weighted by Gasteiger charge is 2.57. The number of nitrogens with zero attached hydrogens (tertiary/aromatic N) is 5. The first-order valence-corrected chi connectivity index (χ1v) is 17.7. The number of aromatic nitrogens is 2. The SMILES string of the molecule is CCCOC(=O)N1CCC[C@@H]1c1cc2c(SC)nc3c(F)c(Br)c(CCC#N)cc3c2n1[C@H]1[C@@H]2C[C@H]1N(C(=O)OC(C)(C)C)C2. The fourth-order valence-corrected chi connectivity index (χ4v) is 8.34. The van der Waals surface area contributed by atoms with Crippen molar-refractivity contribution in [1.82, 2.24) is 19.4 Å². The van der Waals surface area contributed by atoms with Crippen molar-refractivity contribution < 1.29 is 23.5 Å². The van der Waals surface area contributed by atoms with Crippen molar-refractivity contribution in [1.29, 1.82) is 5.26 Å². The van der Waals surface area contributed by atoms with Crippen molar-refractivity contribution in [2.75, 3.05) is 26.0 Å². The predicted octanol–water partition coefficient (Wildman–Crippen LogP) is 8.13. The van der Waals surface area contributed by atoms with Crippen molar-refractivity contribution in [2.24, 2.45) is 5.92 Å². The number of pyridine rings is 1. The molecule has 12 heteroatoms. The molecule has 1 aliphatic carbocycles. The van der Waals surface area contributed by atoms with Gasteiger partial charge >= 0.3 is 12.2 Å². The summed E-state index contributed by atoms with van der Waals surface area (Å²) in [4.78, 5) is 35.1. The maximum atomic E-state index is 16.1. The van der Waals surface area contributed by atoms with Gasteiger partial charge in [0.15, 0.2) is 5.82 Å². The summed E-state index contributed by atoms with van der Waals surface area (Å²) in [5.74, 6) is -0.275. The molecule has 2 amide bonds. The number of benzene rings is 1. The second-order valence-electron chi connectivity index (χ2n) is 13.2. The van der Waals surface area contributed by atoms with Crippen LogP contribution in [0.5, 0.6) is 0 Å². The van der Waals surface area contributed by atoms with Crippen molar-refractivity contribution in [3.05, 3.63) is 33.7 Å². The molecule has 45 heavy (non-hydrogen) atoms. The highest BCUT2D eigenvalue weighted by molar-refractivity contribution is 9.10. The first-order chi connectivity index (χ1) is 21.5. The minimum Gasteiger partial charge on any atom is -0.449 e. The summed E-state index contributed by atoms with van der Waals surface area (Å²) in [5.41, 5.74) is 2.14. The zero-order valence-electron chi connectivity index (χ0n) is 26.4. The summed E-state index contributed by atoms with van der Waals surface area (Å²) in [6.45, 7) is 9.09. The first-order valence-electron chi connectivity index (χ1n) is 15.7. The molecule has 3 aromatic rings. The van der Waals surface area contributed by atoms with Gasteiger partial charge in [0.25, 0.3) is 0 Å². The van der Waals surface area contributed by atoms with Crippen LogP contribution in [0.25, 0.3) is 21.8 Å². The molecule has 5 heterocycles. The van der Waals surface area contributed by atoms with Crippen LogP contribution in [0.2, 0.25) is 0 Å². The van der Waals surface area contributed by atoms with E-state index in [9.17, 15) is 14.9 Å². The fourth-order valence-electron chi connectivity index (χ4n) is 7.28. The summed E-state index contributed by atoms with van der Waals surface area (Å²) in [6.07, 6.45) is 5.11. The number of carbonyl (C=O) groups excluding carboxylic acids is 2. The van der Waals surface area contributed by atoms with Gasteiger partial charge in [0.2, 0.25) is 0 Å². The molecule has 240 valence electrons. The van der Waals surface area contributed by atoms with Crippen molar-refractivity contribution in [2.45, 2.75) is 95.0 Å². The van der Waals surface area contributed by atoms with Crippen LogP contribution in [-0.2, 0) is 15.9 Å². The molecular formula is C33H39BrFN5O4S. The summed E-state index contributed by atoms with van der Waals surface area (Å²) in [7, 11) is 0. The minimum absolute atomic E-state index is 0.0753. The maximum absolute atomic E-state index is 16.1. The number of fused-ring (bicyclic) bond motifs is 4. The summed E-state index contributed by atoms with van der Waals surface area (Å²) < 4.78 is 30.1. The zero-order chi connectivity index (χ0) is 32.2. The molecular weight excluding hydrogens is 661 g/mol. The smallest absolute Gasteiger partial charge is 0.410 e. The van der Waals surface area contributed by atoms with Gasteiger partial charge in [-0.05, 0) is 92.8 Å². The Morgan fingerprint density at radius 1 is 1.22 bits per heavy atom. The topological polar surface area (TPSA) is 101 Å². The lowest BCUT2D eigenvalue weighted by Gasteiger charge is -2.40. The molecule has 0 spiro atoms. The number of hydrogen-bond donors (Lipinski definition) is 0. The number of aryl methyl sites for hydroxylation is 1. The number of likely N-dealkylation sites (tertiary alicyclic amines) is 1. The fraction of sp³-hybridized carbons (Fsp3) is 0.576. The molecule has 0 radical (unpaired) electrons. The van der Waals surface area contributed by atoms with E-state index in [-0.39, 0.29) is 48.2 Å². The first kappa shape index (κ1) is 31.9. The number of amides is 2. The van der Waals surface area contributed by atoms with Gasteiger partial charge in [0, 0.05) is 41.9 Å². The number of halogens is 2. The van der Waals surface area contributed by atoms with E-state index in [1.807, 2.05) is 49.8 Å². The lowest BCUT2D eigenvalue weighted by atomic mass is 9.79. The highest BCUT2D eigenvalue weighted by atomic mass is 79.9. The molecule has 0 unspecified atom stereocenters. The van der Waals surface area contributed by atoms with Gasteiger partial charge in [-0.15, -0.1) is 11.8 Å². The van der Waals surface area contributed by atoms with Crippen LogP contribution in [0.1, 0.15) is 83.1 Å². The van der Waals surface area contributed by atoms with Crippen LogP contribution in [-0.4, -0.2) is 69.1 Å². The Labute approximate surface area is 275 Å². The molecule has 9 nitrogen and oxygen atoms in total. The number of thioether (sulfide) groups is 1. The monoisotopic (exact) mass is 699 g/mol. The Hall–Kier alpha value is -3.04. The molecule has 7 rings (SSSR count). The number of rotatable bonds is 7. The van der Waals surface area contributed by atoms with Crippen LogP contribution in [0.3, 0.4) is 0 Å². The zero-order valence-corrected chi connectivity index (χ0v) is 28.8. The molecule has 3 saturated heterocycles. The third-order valence-electron chi connectivity index (χ3n) is 9.16. The Morgan fingerprint density at radius 3 is 2.69 bits per heavy atom. The van der Waals surface area contributed by atoms with E-state index in [0.717, 1.165) is 42.3 Å². The van der Waals surface area contributed by atoms with Gasteiger partial charge in [0.1, 0.15) is 16.1 Å². The van der Waals surface area contributed by atoms with E-state index in [1.165, 1.54) is 11.8 Å². The second kappa shape index (κ2) is 12.3. The average molecular weight is 701 g/mol. The summed E-state index contributed by atoms with van der Waals surface area (Å²) >= 11 is 4.90. The van der Waals surface area contributed by atoms with Gasteiger partial charge in [0.05, 0.1) is 40.8 Å². The number of hydrogen-bond acceptors (Lipinski definition) is 7. The Balaban J connectivity index is 1.58. The minimum atomic E-state index is -0.617. The Morgan fingerprint density at radius 2 is 2.00 bits per heavy atom. The van der Waals surface area contributed by atoms with Crippen molar-refractivity contribution in [3.63, 3.8) is 0 Å². The molecule has 4 aliphatic rings. The normalized spacial score (nSPS) is 22.6. The molecule has 4 atom stereocenters. The summed E-state index contributed by atoms with van der Waals surface area (Å²) in [6, 6.07) is 5.83. The lowest BCUT2D eigenvalue weighted by molar-refractivity contribution is 0.0208. The largest absolute Gasteiger partial charge is 0.449 e. The number of carbonyl (C=O) groups is 2. The average Bonchev–Trinajstić information content (AvgIpc) is 3.78. The van der Waals surface area contributed by atoms with E-state index in [4.69, 9.17) is 14.5 Å². The standard InChI is InChI=1S/C33H39BrFN5O4S/c1-6-13-43-31(41)38-12-8-10-22(38)23-16-21-29(40(23)28-19-15-24(28)39(17-19)32(42)44-33(2,3)4)20-14-18(9-7-11-36)25(34)26(35)27(20)37-30(21)45-5/h14,16,19,22,24,28H,6-10,12-13,15,17H2,1-5H3/t19-,22-,24-,28+/m1/s1. The van der Waals surface area contributed by atoms with Gasteiger partial charge < -0.3 is 18.9 Å². The van der Waals surface area contributed by atoms with Crippen LogP contribution >= 0.6 is 27.7 Å². The van der Waals surface area contributed by atoms with Crippen LogP contribution in [0.4, 0.5) is 14.0 Å². The van der Waals surface area contributed by atoms with Crippen molar-refractivity contribution >= 4 is 61.7 Å². The molecule has 3 aliphatic heterocycles. The van der Waals surface area contributed by atoms with Gasteiger partial charge in [-0.2, -0.15) is 5.26 Å². The van der Waals surface area contributed by atoms with E-state index >= 15 is 4.39 Å². The molecule has 2 aromatic heterocycles. The lowest BCUT2D eigenvalue weighted by Crippen LogP contribution is -2.45. The van der Waals surface area contributed by atoms with Crippen LogP contribution in [0, 0.1) is 23.1 Å². The van der Waals surface area contributed by atoms with Crippen LogP contribution < -0.4 is 0 Å². The van der Waals surface area contributed by atoms with E-state index in [1.54, 1.807) is 0 Å². The molecule has 0 N–H and O–H groups in total. The number of ether oxygens (including phenoxy) is 2. The number of nitriles is 1. The van der Waals surface area contributed by atoms with E-state index < -0.39 is 11.4 Å². The second-order valence-corrected chi connectivity index (χ2v) is 14.8. The predicted molar refractivity (Wildman–Crippen MR) is 175 cm³/mol. The van der Waals surface area contributed by atoms with Crippen LogP contribution in [0.15, 0.2) is 21.6 Å². The van der Waals surface area contributed by atoms with Gasteiger partial charge in [-0.3, -0.25) is 4.90 Å². The van der Waals surface area contributed by atoms with Gasteiger partial charge in [-0.25, -0.2) is 19.0 Å². The Bertz CT molecular complexity index is 1720. The third-order valence-corrected chi connectivity index (χ3v) is 10.7. The summed E-state index contributed by atoms with van der Waals surface area (Å²) in [5, 5.41) is 11.5. The molecule has 4 fully saturated rings. The van der Waals surface area contributed by atoms with Crippen molar-refractivity contribution in [3.8, 4) is 6.07 Å². The maximum Gasteiger partial charge on any atom is 0.410 e. The third kappa shape index (κ3) is 5.54. The molecule has 1 saturated carbocycles. The Kier molecular flexibility index (Phi) is 8.72. The quantitative estimate of drug-likeness (QED) is 0.230. The van der Waals surface area contributed by atoms with E-state index in [2.05, 4.69) is 32.6 Å². The van der Waals surface area contributed by atoms with E-state index in [0.29, 0.717) is 46.6 Å². The molecule has 1 aromatic carbocycles. The molecule has 2 bridgehead atoms. The van der Waals surface area contributed by atoms with Gasteiger partial charge in [-0.1, -0.05) is 6.92 Å². The highest BCUT2D eigenvalue weighted by Crippen LogP contribution is 2.54.